The molecule has 1 fully saturated rings. The summed E-state index contributed by atoms with van der Waals surface area (Å²) >= 11 is 1.49. The first kappa shape index (κ1) is 20.1. The molecule has 9 heteroatoms. The van der Waals surface area contributed by atoms with E-state index in [-0.39, 0.29) is 11.6 Å². The number of piperidine rings is 1. The molecule has 3 aromatic rings. The van der Waals surface area contributed by atoms with Crippen LogP contribution < -0.4 is 5.69 Å². The fourth-order valence-corrected chi connectivity index (χ4v) is 6.35. The number of rotatable bonds is 5. The molecule has 2 aromatic heterocycles. The number of thiophene rings is 1. The minimum atomic E-state index is -3.49. The highest BCUT2D eigenvalue weighted by Crippen LogP contribution is 2.28. The molecule has 1 saturated heterocycles. The van der Waals surface area contributed by atoms with Gasteiger partial charge in [-0.05, 0) is 67.3 Å². The van der Waals surface area contributed by atoms with Crippen LogP contribution >= 0.6 is 11.3 Å². The van der Waals surface area contributed by atoms with Crippen molar-refractivity contribution in [3.05, 3.63) is 63.1 Å². The van der Waals surface area contributed by atoms with Gasteiger partial charge in [0, 0.05) is 19.5 Å². The summed E-state index contributed by atoms with van der Waals surface area (Å²) in [6.45, 7) is 4.70. The Morgan fingerprint density at radius 2 is 1.97 bits per heavy atom. The molecule has 0 saturated carbocycles. The molecule has 3 heterocycles. The van der Waals surface area contributed by atoms with E-state index in [0.29, 0.717) is 30.2 Å². The second-order valence-electron chi connectivity index (χ2n) is 7.55. The molecule has 0 bridgehead atoms. The molecule has 0 unspecified atom stereocenters. The van der Waals surface area contributed by atoms with E-state index in [1.54, 1.807) is 14.9 Å². The number of aryl methyl sites for hydroxylation is 2. The standard InChI is InChI=1S/C20H24N4O3S2/c1-14-5-6-15(2)17(12-14)29(26,27)23-9-7-16(8-10-23)13-18-21-22-20(25)24(18)19-4-3-11-28-19/h3-6,11-12,16H,7-10,13H2,1-2H3,(H,22,25). The van der Waals surface area contributed by atoms with Crippen molar-refractivity contribution >= 4 is 21.4 Å². The first-order chi connectivity index (χ1) is 13.9. The summed E-state index contributed by atoms with van der Waals surface area (Å²) in [6, 6.07) is 9.33. The molecule has 0 atom stereocenters. The van der Waals surface area contributed by atoms with E-state index in [2.05, 4.69) is 10.2 Å². The van der Waals surface area contributed by atoms with Gasteiger partial charge in [-0.2, -0.15) is 9.40 Å². The highest BCUT2D eigenvalue weighted by atomic mass is 32.2. The molecule has 154 valence electrons. The highest BCUT2D eigenvalue weighted by molar-refractivity contribution is 7.89. The van der Waals surface area contributed by atoms with Crippen LogP contribution in [0.3, 0.4) is 0 Å². The van der Waals surface area contributed by atoms with Gasteiger partial charge in [-0.3, -0.25) is 0 Å². The maximum Gasteiger partial charge on any atom is 0.348 e. The zero-order valence-electron chi connectivity index (χ0n) is 16.5. The molecule has 1 aromatic carbocycles. The Bertz CT molecular complexity index is 1150. The van der Waals surface area contributed by atoms with Crippen molar-refractivity contribution in [3.63, 3.8) is 0 Å². The van der Waals surface area contributed by atoms with Crippen LogP contribution in [0.2, 0.25) is 0 Å². The number of H-pyrrole nitrogens is 1. The van der Waals surface area contributed by atoms with Crippen molar-refractivity contribution in [2.24, 2.45) is 5.92 Å². The van der Waals surface area contributed by atoms with E-state index in [0.717, 1.165) is 29.0 Å². The van der Waals surface area contributed by atoms with E-state index in [9.17, 15) is 13.2 Å². The molecule has 0 radical (unpaired) electrons. The molecule has 0 aliphatic carbocycles. The molecular weight excluding hydrogens is 408 g/mol. The SMILES string of the molecule is Cc1ccc(C)c(S(=O)(=O)N2CCC(Cc3n[nH]c(=O)n3-c3cccs3)CC2)c1. The Hall–Kier alpha value is -2.23. The zero-order valence-corrected chi connectivity index (χ0v) is 18.1. The number of nitrogens with one attached hydrogen (secondary N) is 1. The lowest BCUT2D eigenvalue weighted by molar-refractivity contribution is 0.269. The number of benzene rings is 1. The lowest BCUT2D eigenvalue weighted by atomic mass is 9.94. The minimum absolute atomic E-state index is 0.239. The van der Waals surface area contributed by atoms with Crippen molar-refractivity contribution < 1.29 is 8.42 Å². The Kier molecular flexibility index (Phi) is 5.46. The maximum absolute atomic E-state index is 13.1. The number of aromatic nitrogens is 3. The number of aromatic amines is 1. The van der Waals surface area contributed by atoms with Gasteiger partial charge in [0.25, 0.3) is 0 Å². The lowest BCUT2D eigenvalue weighted by Crippen LogP contribution is -2.39. The monoisotopic (exact) mass is 432 g/mol. The van der Waals surface area contributed by atoms with Crippen molar-refractivity contribution in [3.8, 4) is 5.00 Å². The molecule has 0 spiro atoms. The van der Waals surface area contributed by atoms with Crippen LogP contribution in [-0.2, 0) is 16.4 Å². The normalized spacial score (nSPS) is 16.3. The summed E-state index contributed by atoms with van der Waals surface area (Å²) < 4.78 is 29.4. The Labute approximate surface area is 174 Å². The van der Waals surface area contributed by atoms with Gasteiger partial charge in [-0.15, -0.1) is 11.3 Å². The van der Waals surface area contributed by atoms with Crippen LogP contribution in [0.15, 0.2) is 45.4 Å². The Balaban J connectivity index is 1.47. The van der Waals surface area contributed by atoms with E-state index >= 15 is 0 Å². The number of hydrogen-bond acceptors (Lipinski definition) is 5. The van der Waals surface area contributed by atoms with Gasteiger partial charge in [0.15, 0.2) is 0 Å². The summed E-state index contributed by atoms with van der Waals surface area (Å²) in [7, 11) is -3.49. The third kappa shape index (κ3) is 3.94. The van der Waals surface area contributed by atoms with E-state index in [1.807, 2.05) is 43.5 Å². The fourth-order valence-electron chi connectivity index (χ4n) is 3.83. The molecular formula is C20H24N4O3S2. The molecule has 1 aliphatic heterocycles. The van der Waals surface area contributed by atoms with E-state index in [4.69, 9.17) is 0 Å². The molecule has 29 heavy (non-hydrogen) atoms. The molecule has 4 rings (SSSR count). The first-order valence-electron chi connectivity index (χ1n) is 9.64. The zero-order chi connectivity index (χ0) is 20.6. The Morgan fingerprint density at radius 3 is 2.66 bits per heavy atom. The van der Waals surface area contributed by atoms with Gasteiger partial charge in [-0.25, -0.2) is 22.9 Å². The van der Waals surface area contributed by atoms with Crippen molar-refractivity contribution in [2.45, 2.75) is 38.0 Å². The predicted molar refractivity (Wildman–Crippen MR) is 113 cm³/mol. The van der Waals surface area contributed by atoms with Crippen LogP contribution in [0.1, 0.15) is 29.8 Å². The summed E-state index contributed by atoms with van der Waals surface area (Å²) in [5.41, 5.74) is 1.47. The van der Waals surface area contributed by atoms with Gasteiger partial charge in [0.2, 0.25) is 10.0 Å². The third-order valence-corrected chi connectivity index (χ3v) is 8.37. The van der Waals surface area contributed by atoms with Crippen LogP contribution in [0.5, 0.6) is 0 Å². The Morgan fingerprint density at radius 1 is 1.21 bits per heavy atom. The van der Waals surface area contributed by atoms with Crippen molar-refractivity contribution in [2.75, 3.05) is 13.1 Å². The second-order valence-corrected chi connectivity index (χ2v) is 10.4. The van der Waals surface area contributed by atoms with Crippen molar-refractivity contribution in [1.29, 1.82) is 0 Å². The third-order valence-electron chi connectivity index (χ3n) is 5.47. The second kappa shape index (κ2) is 7.89. The largest absolute Gasteiger partial charge is 0.348 e. The molecule has 1 aliphatic rings. The lowest BCUT2D eigenvalue weighted by Gasteiger charge is -2.31. The number of nitrogens with zero attached hydrogens (tertiary/aromatic N) is 3. The average molecular weight is 433 g/mol. The van der Waals surface area contributed by atoms with Gasteiger partial charge in [0.05, 0.1) is 4.90 Å². The predicted octanol–water partition coefficient (Wildman–Crippen LogP) is 2.88. The maximum atomic E-state index is 13.1. The number of sulfonamides is 1. The average Bonchev–Trinajstić information content (AvgIpc) is 3.34. The smallest absolute Gasteiger partial charge is 0.246 e. The van der Waals surface area contributed by atoms with Gasteiger partial charge < -0.3 is 0 Å². The first-order valence-corrected chi connectivity index (χ1v) is 12.0. The van der Waals surface area contributed by atoms with Crippen LogP contribution in [0.4, 0.5) is 0 Å². The number of hydrogen-bond donors (Lipinski definition) is 1. The van der Waals surface area contributed by atoms with Crippen LogP contribution in [0.25, 0.3) is 5.00 Å². The molecule has 1 N–H and O–H groups in total. The molecule has 7 nitrogen and oxygen atoms in total. The summed E-state index contributed by atoms with van der Waals surface area (Å²) in [5, 5.41) is 9.51. The topological polar surface area (TPSA) is 88.1 Å². The van der Waals surface area contributed by atoms with Gasteiger partial charge >= 0.3 is 5.69 Å². The fraction of sp³-hybridized carbons (Fsp3) is 0.400. The quantitative estimate of drug-likeness (QED) is 0.671. The minimum Gasteiger partial charge on any atom is -0.246 e. The van der Waals surface area contributed by atoms with Crippen molar-refractivity contribution in [1.82, 2.24) is 19.1 Å². The summed E-state index contributed by atoms with van der Waals surface area (Å²) in [6.07, 6.45) is 2.14. The molecule has 0 amide bonds. The van der Waals surface area contributed by atoms with E-state index < -0.39 is 10.0 Å². The van der Waals surface area contributed by atoms with Gasteiger partial charge in [-0.1, -0.05) is 12.1 Å². The summed E-state index contributed by atoms with van der Waals surface area (Å²) in [5.74, 6) is 0.988. The highest BCUT2D eigenvalue weighted by Gasteiger charge is 2.31. The van der Waals surface area contributed by atoms with Crippen LogP contribution in [-0.4, -0.2) is 40.6 Å². The summed E-state index contributed by atoms with van der Waals surface area (Å²) in [4.78, 5) is 12.5. The van der Waals surface area contributed by atoms with Gasteiger partial charge in [0.1, 0.15) is 10.8 Å². The van der Waals surface area contributed by atoms with E-state index in [1.165, 1.54) is 11.3 Å². The van der Waals surface area contributed by atoms with Crippen LogP contribution in [0, 0.1) is 19.8 Å².